The maximum absolute atomic E-state index is 12.4. The zero-order chi connectivity index (χ0) is 18.8. The zero-order valence-electron chi connectivity index (χ0n) is 13.2. The highest BCUT2D eigenvalue weighted by molar-refractivity contribution is 7.71. The van der Waals surface area contributed by atoms with Crippen molar-refractivity contribution in [3.63, 3.8) is 0 Å². The molecule has 0 spiro atoms. The maximum atomic E-state index is 12.4. The SMILES string of the molecule is C=CCn1c(=S)[nH]c2c(cnn2C(=O)COc2cccc(Cl)c2Cl)c1=O. The van der Waals surface area contributed by atoms with Gasteiger partial charge in [0.15, 0.2) is 17.0 Å². The van der Waals surface area contributed by atoms with E-state index >= 15 is 0 Å². The van der Waals surface area contributed by atoms with Crippen molar-refractivity contribution in [1.82, 2.24) is 19.3 Å². The van der Waals surface area contributed by atoms with Crippen LogP contribution >= 0.6 is 35.4 Å². The highest BCUT2D eigenvalue weighted by Gasteiger charge is 2.16. The topological polar surface area (TPSA) is 81.9 Å². The predicted octanol–water partition coefficient (Wildman–Crippen LogP) is 3.47. The standard InChI is InChI=1S/C16H12Cl2N4O3S/c1-2-6-21-15(24)9-7-19-22(14(9)20-16(21)26)12(23)8-25-11-5-3-4-10(17)13(11)18/h2-5,7H,1,6,8H2,(H,20,26). The largest absolute Gasteiger partial charge is 0.482 e. The zero-order valence-corrected chi connectivity index (χ0v) is 15.6. The van der Waals surface area contributed by atoms with Crippen molar-refractivity contribution < 1.29 is 9.53 Å². The van der Waals surface area contributed by atoms with E-state index in [0.29, 0.717) is 5.02 Å². The molecule has 0 saturated carbocycles. The van der Waals surface area contributed by atoms with Crippen molar-refractivity contribution >= 4 is 52.4 Å². The van der Waals surface area contributed by atoms with Gasteiger partial charge in [0.05, 0.1) is 11.2 Å². The number of nitrogens with zero attached hydrogens (tertiary/aromatic N) is 3. The van der Waals surface area contributed by atoms with Crippen LogP contribution in [0.4, 0.5) is 0 Å². The van der Waals surface area contributed by atoms with Gasteiger partial charge in [0, 0.05) is 6.54 Å². The van der Waals surface area contributed by atoms with E-state index in [-0.39, 0.29) is 45.3 Å². The average Bonchev–Trinajstić information content (AvgIpc) is 3.03. The molecule has 26 heavy (non-hydrogen) atoms. The third-order valence-electron chi connectivity index (χ3n) is 3.53. The first-order valence-corrected chi connectivity index (χ1v) is 8.52. The summed E-state index contributed by atoms with van der Waals surface area (Å²) in [4.78, 5) is 27.7. The Morgan fingerprint density at radius 2 is 2.19 bits per heavy atom. The number of hydrogen-bond acceptors (Lipinski definition) is 5. The molecule has 0 saturated heterocycles. The number of benzene rings is 1. The van der Waals surface area contributed by atoms with E-state index in [4.69, 9.17) is 40.2 Å². The van der Waals surface area contributed by atoms with E-state index in [1.54, 1.807) is 24.3 Å². The van der Waals surface area contributed by atoms with E-state index in [2.05, 4.69) is 16.7 Å². The molecule has 10 heteroatoms. The lowest BCUT2D eigenvalue weighted by atomic mass is 10.3. The van der Waals surface area contributed by atoms with E-state index in [0.717, 1.165) is 4.68 Å². The first-order valence-electron chi connectivity index (χ1n) is 7.35. The minimum atomic E-state index is -0.512. The molecule has 134 valence electrons. The molecule has 3 aromatic rings. The predicted molar refractivity (Wildman–Crippen MR) is 102 cm³/mol. The van der Waals surface area contributed by atoms with E-state index in [1.165, 1.54) is 10.8 Å². The lowest BCUT2D eigenvalue weighted by molar-refractivity contribution is 0.0826. The van der Waals surface area contributed by atoms with Gasteiger partial charge in [0.2, 0.25) is 0 Å². The van der Waals surface area contributed by atoms with Crippen LogP contribution in [-0.4, -0.2) is 31.8 Å². The van der Waals surface area contributed by atoms with Gasteiger partial charge in [-0.25, -0.2) is 0 Å². The molecule has 3 rings (SSSR count). The molecule has 2 heterocycles. The molecule has 0 aliphatic carbocycles. The fourth-order valence-corrected chi connectivity index (χ4v) is 2.91. The van der Waals surface area contributed by atoms with Gasteiger partial charge in [-0.1, -0.05) is 35.3 Å². The fraction of sp³-hybridized carbons (Fsp3) is 0.125. The lowest BCUT2D eigenvalue weighted by Crippen LogP contribution is -2.24. The quantitative estimate of drug-likeness (QED) is 0.514. The minimum Gasteiger partial charge on any atom is -0.482 e. The second-order valence-corrected chi connectivity index (χ2v) is 6.36. The summed E-state index contributed by atoms with van der Waals surface area (Å²) in [6.45, 7) is 3.48. The van der Waals surface area contributed by atoms with E-state index in [1.807, 2.05) is 0 Å². The monoisotopic (exact) mass is 410 g/mol. The minimum absolute atomic E-state index is 0.163. The average molecular weight is 411 g/mol. The number of carbonyl (C=O) groups is 1. The second-order valence-electron chi connectivity index (χ2n) is 5.19. The summed E-state index contributed by atoms with van der Waals surface area (Å²) < 4.78 is 7.93. The molecule has 0 amide bonds. The number of H-pyrrole nitrogens is 1. The van der Waals surface area contributed by atoms with Crippen LogP contribution in [0.2, 0.25) is 10.0 Å². The Morgan fingerprint density at radius 1 is 1.42 bits per heavy atom. The summed E-state index contributed by atoms with van der Waals surface area (Å²) >= 11 is 17.1. The molecule has 1 N–H and O–H groups in total. The molecule has 0 fully saturated rings. The normalized spacial score (nSPS) is 10.8. The number of aromatic nitrogens is 4. The highest BCUT2D eigenvalue weighted by Crippen LogP contribution is 2.31. The Hall–Kier alpha value is -2.42. The molecular formula is C16H12Cl2N4O3S. The van der Waals surface area contributed by atoms with Crippen molar-refractivity contribution in [2.75, 3.05) is 6.61 Å². The molecular weight excluding hydrogens is 399 g/mol. The Labute approximate surface area is 162 Å². The first kappa shape index (κ1) is 18.4. The molecule has 0 aliphatic heterocycles. The van der Waals surface area contributed by atoms with Gasteiger partial charge in [0.25, 0.3) is 11.5 Å². The Kier molecular flexibility index (Phi) is 5.26. The van der Waals surface area contributed by atoms with Crippen LogP contribution in [0, 0.1) is 4.77 Å². The smallest absolute Gasteiger partial charge is 0.286 e. The molecule has 0 atom stereocenters. The second kappa shape index (κ2) is 7.45. The van der Waals surface area contributed by atoms with Crippen LogP contribution in [0.3, 0.4) is 0 Å². The van der Waals surface area contributed by atoms with Crippen LogP contribution in [0.5, 0.6) is 5.75 Å². The summed E-state index contributed by atoms with van der Waals surface area (Å²) in [5.41, 5.74) is -0.160. The van der Waals surface area contributed by atoms with Crippen molar-refractivity contribution in [3.8, 4) is 5.75 Å². The molecule has 0 unspecified atom stereocenters. The number of nitrogens with one attached hydrogen (secondary N) is 1. The number of aromatic amines is 1. The van der Waals surface area contributed by atoms with Gasteiger partial charge in [-0.15, -0.1) is 6.58 Å². The number of halogens is 2. The van der Waals surface area contributed by atoms with Gasteiger partial charge >= 0.3 is 0 Å². The lowest BCUT2D eigenvalue weighted by Gasteiger charge is -2.09. The van der Waals surface area contributed by atoms with Gasteiger partial charge in [-0.3, -0.25) is 14.2 Å². The van der Waals surface area contributed by atoms with Crippen molar-refractivity contribution in [2.24, 2.45) is 0 Å². The molecule has 1 aromatic carbocycles. The Bertz CT molecular complexity index is 1130. The first-order chi connectivity index (χ1) is 12.4. The maximum Gasteiger partial charge on any atom is 0.286 e. The van der Waals surface area contributed by atoms with Crippen molar-refractivity contribution in [3.05, 3.63) is 62.2 Å². The molecule has 2 aromatic heterocycles. The molecule has 0 radical (unpaired) electrons. The summed E-state index contributed by atoms with van der Waals surface area (Å²) in [5, 5.41) is 4.71. The molecule has 0 aliphatic rings. The summed E-state index contributed by atoms with van der Waals surface area (Å²) in [6, 6.07) is 4.84. The third kappa shape index (κ3) is 3.31. The van der Waals surface area contributed by atoms with Crippen LogP contribution in [0.25, 0.3) is 11.0 Å². The van der Waals surface area contributed by atoms with E-state index < -0.39 is 5.91 Å². The van der Waals surface area contributed by atoms with Crippen LogP contribution in [0.15, 0.2) is 41.8 Å². The number of allylic oxidation sites excluding steroid dienone is 1. The number of fused-ring (bicyclic) bond motifs is 1. The number of hydrogen-bond donors (Lipinski definition) is 1. The van der Waals surface area contributed by atoms with Gasteiger partial charge in [-0.05, 0) is 24.4 Å². The van der Waals surface area contributed by atoms with Crippen molar-refractivity contribution in [2.45, 2.75) is 6.54 Å². The third-order valence-corrected chi connectivity index (χ3v) is 4.65. The Morgan fingerprint density at radius 3 is 2.92 bits per heavy atom. The fourth-order valence-electron chi connectivity index (χ4n) is 2.31. The number of carbonyl (C=O) groups excluding carboxylic acids is 1. The van der Waals surface area contributed by atoms with E-state index in [9.17, 15) is 9.59 Å². The summed E-state index contributed by atoms with van der Waals surface area (Å²) in [7, 11) is 0. The summed E-state index contributed by atoms with van der Waals surface area (Å²) in [5.74, 6) is -0.243. The van der Waals surface area contributed by atoms with Crippen LogP contribution in [-0.2, 0) is 6.54 Å². The molecule has 0 bridgehead atoms. The van der Waals surface area contributed by atoms with Crippen LogP contribution < -0.4 is 10.3 Å². The van der Waals surface area contributed by atoms with Crippen molar-refractivity contribution in [1.29, 1.82) is 0 Å². The Balaban J connectivity index is 1.92. The van der Waals surface area contributed by atoms with Gasteiger partial charge < -0.3 is 9.72 Å². The highest BCUT2D eigenvalue weighted by atomic mass is 35.5. The number of ether oxygens (including phenoxy) is 1. The van der Waals surface area contributed by atoms with Crippen LogP contribution in [0.1, 0.15) is 4.79 Å². The van der Waals surface area contributed by atoms with Gasteiger partial charge in [-0.2, -0.15) is 9.78 Å². The van der Waals surface area contributed by atoms with Gasteiger partial charge in [0.1, 0.15) is 16.2 Å². The molecule has 7 nitrogen and oxygen atoms in total. The summed E-state index contributed by atoms with van der Waals surface area (Å²) in [6.07, 6.45) is 2.85. The number of rotatable bonds is 5.